The molecule has 0 bridgehead atoms. The van der Waals surface area contributed by atoms with E-state index in [2.05, 4.69) is 15.0 Å². The number of hydrogen-bond acceptors (Lipinski definition) is 4. The van der Waals surface area contributed by atoms with Gasteiger partial charge in [-0.15, -0.1) is 0 Å². The highest BCUT2D eigenvalue weighted by atomic mass is 35.5. The number of halogens is 4. The number of ether oxygens (including phenoxy) is 1. The first-order valence-corrected chi connectivity index (χ1v) is 5.76. The molecule has 0 N–H and O–H groups in total. The lowest BCUT2D eigenvalue weighted by Crippen LogP contribution is -1.96. The van der Waals surface area contributed by atoms with Gasteiger partial charge >= 0.3 is 6.01 Å². The molecule has 1 aromatic heterocycles. The monoisotopic (exact) mass is 309 g/mol. The first kappa shape index (κ1) is 12.6. The maximum Gasteiger partial charge on any atom is 0.327 e. The van der Waals surface area contributed by atoms with Crippen molar-refractivity contribution in [1.29, 1.82) is 0 Å². The highest BCUT2D eigenvalue weighted by molar-refractivity contribution is 6.37. The van der Waals surface area contributed by atoms with Crippen molar-refractivity contribution in [2.75, 3.05) is 0 Å². The SMILES string of the molecule is Clc1nc(Cl)nc(Oc2c(Cl)cccc2Cl)n1. The summed E-state index contributed by atoms with van der Waals surface area (Å²) in [6.45, 7) is 0. The van der Waals surface area contributed by atoms with Crippen LogP contribution in [0.3, 0.4) is 0 Å². The molecule has 0 saturated carbocycles. The topological polar surface area (TPSA) is 47.9 Å². The number of para-hydroxylation sites is 1. The molecule has 0 aliphatic rings. The quantitative estimate of drug-likeness (QED) is 0.830. The van der Waals surface area contributed by atoms with Crippen molar-refractivity contribution < 1.29 is 4.74 Å². The van der Waals surface area contributed by atoms with Crippen LogP contribution in [-0.2, 0) is 0 Å². The molecular weight excluding hydrogens is 308 g/mol. The van der Waals surface area contributed by atoms with Gasteiger partial charge in [0.2, 0.25) is 10.6 Å². The molecule has 0 amide bonds. The molecule has 0 unspecified atom stereocenters. The Kier molecular flexibility index (Phi) is 3.89. The van der Waals surface area contributed by atoms with E-state index in [0.717, 1.165) is 0 Å². The standard InChI is InChI=1S/C9H3Cl4N3O/c10-4-2-1-3-5(11)6(4)17-9-15-7(12)14-8(13)16-9/h1-3H. The number of aromatic nitrogens is 3. The minimum absolute atomic E-state index is 0.0787. The van der Waals surface area contributed by atoms with Crippen LogP contribution in [0.15, 0.2) is 18.2 Å². The molecule has 2 aromatic rings. The number of hydrogen-bond donors (Lipinski definition) is 0. The van der Waals surface area contributed by atoms with Crippen LogP contribution in [0.4, 0.5) is 0 Å². The Morgan fingerprint density at radius 1 is 0.824 bits per heavy atom. The van der Waals surface area contributed by atoms with Gasteiger partial charge in [0.05, 0.1) is 10.0 Å². The molecule has 0 atom stereocenters. The molecule has 17 heavy (non-hydrogen) atoms. The van der Waals surface area contributed by atoms with Crippen LogP contribution in [0.5, 0.6) is 11.8 Å². The van der Waals surface area contributed by atoms with Crippen molar-refractivity contribution >= 4 is 46.4 Å². The normalized spacial score (nSPS) is 10.4. The van der Waals surface area contributed by atoms with Crippen LogP contribution in [0.1, 0.15) is 0 Å². The molecule has 4 nitrogen and oxygen atoms in total. The summed E-state index contributed by atoms with van der Waals surface area (Å²) in [7, 11) is 0. The zero-order valence-electron chi connectivity index (χ0n) is 7.99. The van der Waals surface area contributed by atoms with E-state index in [1.54, 1.807) is 18.2 Å². The molecule has 2 rings (SSSR count). The van der Waals surface area contributed by atoms with Gasteiger partial charge in [-0.25, -0.2) is 0 Å². The van der Waals surface area contributed by atoms with Crippen LogP contribution < -0.4 is 4.74 Å². The second kappa shape index (κ2) is 5.23. The van der Waals surface area contributed by atoms with E-state index >= 15 is 0 Å². The Hall–Kier alpha value is -0.810. The van der Waals surface area contributed by atoms with E-state index in [1.165, 1.54) is 0 Å². The molecule has 0 saturated heterocycles. The van der Waals surface area contributed by atoms with Crippen LogP contribution in [-0.4, -0.2) is 15.0 Å². The maximum atomic E-state index is 5.91. The third kappa shape index (κ3) is 3.10. The average Bonchev–Trinajstić information content (AvgIpc) is 2.22. The summed E-state index contributed by atoms with van der Waals surface area (Å²) in [5.41, 5.74) is 0. The molecule has 0 aliphatic heterocycles. The zero-order chi connectivity index (χ0) is 12.4. The molecule has 0 fully saturated rings. The van der Waals surface area contributed by atoms with Crippen LogP contribution in [0.2, 0.25) is 20.6 Å². The highest BCUT2D eigenvalue weighted by Gasteiger charge is 2.11. The summed E-state index contributed by atoms with van der Waals surface area (Å²) in [6, 6.07) is 4.84. The van der Waals surface area contributed by atoms with Crippen molar-refractivity contribution in [2.24, 2.45) is 0 Å². The molecule has 0 spiro atoms. The first-order valence-electron chi connectivity index (χ1n) is 4.25. The molecule has 0 aliphatic carbocycles. The van der Waals surface area contributed by atoms with Crippen molar-refractivity contribution in [1.82, 2.24) is 15.0 Å². The smallest absolute Gasteiger partial charge is 0.327 e. The molecular formula is C9H3Cl4N3O. The van der Waals surface area contributed by atoms with Crippen molar-refractivity contribution in [3.8, 4) is 11.8 Å². The van der Waals surface area contributed by atoms with Gasteiger partial charge in [0.1, 0.15) is 0 Å². The van der Waals surface area contributed by atoms with E-state index in [4.69, 9.17) is 51.1 Å². The summed E-state index contributed by atoms with van der Waals surface area (Å²) < 4.78 is 5.31. The van der Waals surface area contributed by atoms with Gasteiger partial charge in [0.25, 0.3) is 0 Å². The van der Waals surface area contributed by atoms with Gasteiger partial charge < -0.3 is 4.74 Å². The number of rotatable bonds is 2. The lowest BCUT2D eigenvalue weighted by atomic mass is 10.3. The maximum absolute atomic E-state index is 5.91. The van der Waals surface area contributed by atoms with Gasteiger partial charge in [0, 0.05) is 0 Å². The third-order valence-corrected chi connectivity index (χ3v) is 2.61. The Balaban J connectivity index is 2.38. The Bertz CT molecular complexity index is 523. The second-order valence-electron chi connectivity index (χ2n) is 2.81. The fraction of sp³-hybridized carbons (Fsp3) is 0. The van der Waals surface area contributed by atoms with Crippen LogP contribution in [0.25, 0.3) is 0 Å². The van der Waals surface area contributed by atoms with Gasteiger partial charge in [0.15, 0.2) is 5.75 Å². The predicted molar refractivity (Wildman–Crippen MR) is 66.4 cm³/mol. The summed E-state index contributed by atoms with van der Waals surface area (Å²) >= 11 is 23.0. The Morgan fingerprint density at radius 2 is 1.35 bits per heavy atom. The summed E-state index contributed by atoms with van der Waals surface area (Å²) in [4.78, 5) is 11.0. The van der Waals surface area contributed by atoms with Crippen molar-refractivity contribution in [3.63, 3.8) is 0 Å². The average molecular weight is 311 g/mol. The van der Waals surface area contributed by atoms with Crippen molar-refractivity contribution in [3.05, 3.63) is 38.8 Å². The van der Waals surface area contributed by atoms with Crippen molar-refractivity contribution in [2.45, 2.75) is 0 Å². The Morgan fingerprint density at radius 3 is 1.88 bits per heavy atom. The fourth-order valence-corrected chi connectivity index (χ4v) is 1.85. The predicted octanol–water partition coefficient (Wildman–Crippen LogP) is 4.28. The molecule has 1 aromatic carbocycles. The zero-order valence-corrected chi connectivity index (χ0v) is 11.0. The van der Waals surface area contributed by atoms with Gasteiger partial charge in [-0.3, -0.25) is 0 Å². The molecule has 0 radical (unpaired) electrons. The van der Waals surface area contributed by atoms with E-state index in [1.807, 2.05) is 0 Å². The van der Waals surface area contributed by atoms with E-state index < -0.39 is 0 Å². The second-order valence-corrected chi connectivity index (χ2v) is 4.30. The third-order valence-electron chi connectivity index (χ3n) is 1.67. The summed E-state index contributed by atoms with van der Waals surface area (Å²) in [5, 5.41) is 0.488. The molecule has 1 heterocycles. The Labute approximate surface area is 116 Å². The number of nitrogens with zero attached hydrogens (tertiary/aromatic N) is 3. The lowest BCUT2D eigenvalue weighted by molar-refractivity contribution is 0.440. The van der Waals surface area contributed by atoms with E-state index in [0.29, 0.717) is 10.0 Å². The summed E-state index contributed by atoms with van der Waals surface area (Å²) in [6.07, 6.45) is 0. The largest absolute Gasteiger partial charge is 0.421 e. The fourth-order valence-electron chi connectivity index (χ4n) is 1.03. The summed E-state index contributed by atoms with van der Waals surface area (Å²) in [5.74, 6) is 0.231. The lowest BCUT2D eigenvalue weighted by Gasteiger charge is -2.07. The van der Waals surface area contributed by atoms with Gasteiger partial charge in [-0.05, 0) is 35.3 Å². The number of benzene rings is 1. The van der Waals surface area contributed by atoms with Crippen LogP contribution >= 0.6 is 46.4 Å². The molecule has 8 heteroatoms. The molecule has 88 valence electrons. The minimum Gasteiger partial charge on any atom is -0.421 e. The van der Waals surface area contributed by atoms with Crippen LogP contribution in [0, 0.1) is 0 Å². The van der Waals surface area contributed by atoms with E-state index in [-0.39, 0.29) is 22.3 Å². The minimum atomic E-state index is -0.0804. The highest BCUT2D eigenvalue weighted by Crippen LogP contribution is 2.35. The first-order chi connectivity index (χ1) is 8.06. The van der Waals surface area contributed by atoms with E-state index in [9.17, 15) is 0 Å². The van der Waals surface area contributed by atoms with Gasteiger partial charge in [-0.1, -0.05) is 29.3 Å². The van der Waals surface area contributed by atoms with Gasteiger partial charge in [-0.2, -0.15) is 15.0 Å².